The number of hydrogen-bond donors (Lipinski definition) is 3. The van der Waals surface area contributed by atoms with Crippen LogP contribution in [-0.4, -0.2) is 51.0 Å². The molecule has 0 radical (unpaired) electrons. The first-order valence-electron chi connectivity index (χ1n) is 7.86. The fourth-order valence-corrected chi connectivity index (χ4v) is 2.53. The Morgan fingerprint density at radius 1 is 1.45 bits per heavy atom. The van der Waals surface area contributed by atoms with Crippen molar-refractivity contribution in [2.45, 2.75) is 45.2 Å². The van der Waals surface area contributed by atoms with Crippen molar-refractivity contribution in [1.82, 2.24) is 10.6 Å². The van der Waals surface area contributed by atoms with Crippen LogP contribution in [0.15, 0.2) is 0 Å². The monoisotopic (exact) mass is 315 g/mol. The minimum atomic E-state index is -0.678. The Bertz CT molecular complexity index is 355. The molecule has 0 aromatic carbocycles. The lowest BCUT2D eigenvalue weighted by Gasteiger charge is -2.23. The second-order valence-electron chi connectivity index (χ2n) is 6.23. The van der Waals surface area contributed by atoms with Gasteiger partial charge in [-0.2, -0.15) is 0 Å². The van der Waals surface area contributed by atoms with E-state index in [-0.39, 0.29) is 11.8 Å². The van der Waals surface area contributed by atoms with Gasteiger partial charge >= 0.3 is 5.97 Å². The van der Waals surface area contributed by atoms with Crippen molar-refractivity contribution in [1.29, 1.82) is 0 Å². The molecule has 1 saturated heterocycles. The van der Waals surface area contributed by atoms with Gasteiger partial charge in [-0.05, 0) is 37.6 Å². The highest BCUT2D eigenvalue weighted by Gasteiger charge is 2.28. The van der Waals surface area contributed by atoms with E-state index >= 15 is 0 Å². The molecule has 22 heavy (non-hydrogen) atoms. The molecule has 0 spiro atoms. The molecule has 1 aliphatic rings. The Balaban J connectivity index is 2.59. The zero-order valence-corrected chi connectivity index (χ0v) is 13.8. The van der Waals surface area contributed by atoms with Crippen LogP contribution in [0.2, 0.25) is 0 Å². The topological polar surface area (TPSA) is 103 Å². The first-order valence-corrected chi connectivity index (χ1v) is 7.86. The Hall–Kier alpha value is -1.18. The minimum absolute atomic E-state index is 0.195. The van der Waals surface area contributed by atoms with Crippen LogP contribution in [0.3, 0.4) is 0 Å². The van der Waals surface area contributed by atoms with E-state index in [0.717, 1.165) is 13.0 Å². The number of rotatable bonds is 7. The zero-order valence-electron chi connectivity index (χ0n) is 13.8. The number of nitrogens with one attached hydrogen (secondary N) is 2. The maximum Gasteiger partial charge on any atom is 0.328 e. The smallest absolute Gasteiger partial charge is 0.328 e. The number of carbonyl (C=O) groups is 2. The number of nitrogens with two attached hydrogens (primary N) is 1. The van der Waals surface area contributed by atoms with Crippen molar-refractivity contribution < 1.29 is 19.1 Å². The van der Waals surface area contributed by atoms with Crippen LogP contribution in [0.25, 0.3) is 0 Å². The predicted octanol–water partition coefficient (Wildman–Crippen LogP) is -0.00870. The molecular weight excluding hydrogens is 286 g/mol. The van der Waals surface area contributed by atoms with Crippen LogP contribution in [0.5, 0.6) is 0 Å². The van der Waals surface area contributed by atoms with Gasteiger partial charge < -0.3 is 20.5 Å². The summed E-state index contributed by atoms with van der Waals surface area (Å²) in [6.45, 7) is 5.92. The lowest BCUT2D eigenvalue weighted by atomic mass is 9.96. The molecule has 7 nitrogen and oxygen atoms in total. The van der Waals surface area contributed by atoms with Gasteiger partial charge in [-0.1, -0.05) is 13.8 Å². The van der Waals surface area contributed by atoms with E-state index in [4.69, 9.17) is 15.2 Å². The van der Waals surface area contributed by atoms with E-state index in [2.05, 4.69) is 10.6 Å². The van der Waals surface area contributed by atoms with Crippen LogP contribution in [0.1, 0.15) is 33.1 Å². The van der Waals surface area contributed by atoms with Gasteiger partial charge in [0.15, 0.2) is 0 Å². The molecule has 0 aromatic heterocycles. The van der Waals surface area contributed by atoms with E-state index in [9.17, 15) is 9.59 Å². The molecule has 0 unspecified atom stereocenters. The lowest BCUT2D eigenvalue weighted by Crippen LogP contribution is -2.50. The van der Waals surface area contributed by atoms with Crippen molar-refractivity contribution in [3.63, 3.8) is 0 Å². The molecule has 1 fully saturated rings. The highest BCUT2D eigenvalue weighted by atomic mass is 16.5. The molecule has 0 aliphatic carbocycles. The van der Waals surface area contributed by atoms with Gasteiger partial charge in [-0.25, -0.2) is 4.79 Å². The number of amides is 1. The number of carbonyl (C=O) groups excluding carboxylic acids is 2. The summed E-state index contributed by atoms with van der Waals surface area (Å²) in [4.78, 5) is 24.0. The molecular formula is C15H29N3O4. The molecule has 0 aromatic rings. The molecule has 3 atom stereocenters. The molecule has 7 heteroatoms. The van der Waals surface area contributed by atoms with E-state index < -0.39 is 18.1 Å². The third-order valence-corrected chi connectivity index (χ3v) is 3.72. The van der Waals surface area contributed by atoms with Crippen molar-refractivity contribution >= 4 is 11.9 Å². The Morgan fingerprint density at radius 3 is 2.82 bits per heavy atom. The summed E-state index contributed by atoms with van der Waals surface area (Å²) in [5.74, 6) is -0.238. The van der Waals surface area contributed by atoms with Crippen LogP contribution in [-0.2, 0) is 19.1 Å². The average Bonchev–Trinajstić information content (AvgIpc) is 2.73. The Labute approximate surface area is 132 Å². The molecule has 0 bridgehead atoms. The lowest BCUT2D eigenvalue weighted by molar-refractivity contribution is -0.146. The van der Waals surface area contributed by atoms with Crippen molar-refractivity contribution in [2.24, 2.45) is 17.6 Å². The fourth-order valence-electron chi connectivity index (χ4n) is 2.53. The van der Waals surface area contributed by atoms with E-state index in [0.29, 0.717) is 32.1 Å². The fraction of sp³-hybridized carbons (Fsp3) is 0.867. The molecule has 0 saturated carbocycles. The largest absolute Gasteiger partial charge is 0.467 e. The summed E-state index contributed by atoms with van der Waals surface area (Å²) >= 11 is 0. The molecule has 1 aliphatic heterocycles. The third kappa shape index (κ3) is 6.72. The van der Waals surface area contributed by atoms with Gasteiger partial charge in [0.25, 0.3) is 0 Å². The Kier molecular flexibility index (Phi) is 8.37. The summed E-state index contributed by atoms with van der Waals surface area (Å²) in [6, 6.07) is -1.29. The summed E-state index contributed by atoms with van der Waals surface area (Å²) in [5, 5.41) is 5.85. The predicted molar refractivity (Wildman–Crippen MR) is 82.9 cm³/mol. The third-order valence-electron chi connectivity index (χ3n) is 3.72. The normalized spacial score (nSPS) is 21.8. The van der Waals surface area contributed by atoms with Crippen LogP contribution >= 0.6 is 0 Å². The summed E-state index contributed by atoms with van der Waals surface area (Å²) in [6.07, 6.45) is 1.96. The Morgan fingerprint density at radius 2 is 2.18 bits per heavy atom. The van der Waals surface area contributed by atoms with Crippen molar-refractivity contribution in [3.05, 3.63) is 0 Å². The van der Waals surface area contributed by atoms with Gasteiger partial charge in [0.2, 0.25) is 5.91 Å². The highest BCUT2D eigenvalue weighted by Crippen LogP contribution is 2.15. The van der Waals surface area contributed by atoms with Gasteiger partial charge in [-0.15, -0.1) is 0 Å². The van der Waals surface area contributed by atoms with Gasteiger partial charge in [0.05, 0.1) is 26.5 Å². The SMILES string of the molecule is COC(=O)[C@H](C[C@@H]1CCNCOC1)NC(=O)[C@@H](N)CC(C)C. The van der Waals surface area contributed by atoms with Crippen molar-refractivity contribution in [3.8, 4) is 0 Å². The van der Waals surface area contributed by atoms with Crippen LogP contribution in [0.4, 0.5) is 0 Å². The quantitative estimate of drug-likeness (QED) is 0.571. The number of ether oxygens (including phenoxy) is 2. The van der Waals surface area contributed by atoms with E-state index in [1.54, 1.807) is 0 Å². The maximum atomic E-state index is 12.1. The first-order chi connectivity index (χ1) is 10.4. The molecule has 1 rings (SSSR count). The molecule has 1 amide bonds. The van der Waals surface area contributed by atoms with Crippen LogP contribution < -0.4 is 16.4 Å². The van der Waals surface area contributed by atoms with Gasteiger partial charge in [0, 0.05) is 0 Å². The van der Waals surface area contributed by atoms with Crippen LogP contribution in [0, 0.1) is 11.8 Å². The minimum Gasteiger partial charge on any atom is -0.467 e. The van der Waals surface area contributed by atoms with E-state index in [1.165, 1.54) is 7.11 Å². The van der Waals surface area contributed by atoms with Crippen molar-refractivity contribution in [2.75, 3.05) is 27.0 Å². The second kappa shape index (κ2) is 9.76. The number of methoxy groups -OCH3 is 1. The summed E-state index contributed by atoms with van der Waals surface area (Å²) < 4.78 is 10.2. The maximum absolute atomic E-state index is 12.1. The standard InChI is InChI=1S/C15H29N3O4/c1-10(2)6-12(16)14(19)18-13(15(20)21-3)7-11-4-5-17-9-22-8-11/h10-13,17H,4-9,16H2,1-3H3,(H,18,19)/t11-,12-,13-/m0/s1. The first kappa shape index (κ1) is 18.9. The van der Waals surface area contributed by atoms with E-state index in [1.807, 2.05) is 13.8 Å². The summed E-state index contributed by atoms with van der Waals surface area (Å²) in [5.41, 5.74) is 5.87. The average molecular weight is 315 g/mol. The van der Waals surface area contributed by atoms with Gasteiger partial charge in [0.1, 0.15) is 6.04 Å². The molecule has 1 heterocycles. The second-order valence-corrected chi connectivity index (χ2v) is 6.23. The molecule has 4 N–H and O–H groups in total. The number of esters is 1. The summed E-state index contributed by atoms with van der Waals surface area (Å²) in [7, 11) is 1.32. The zero-order chi connectivity index (χ0) is 16.5. The molecule has 128 valence electrons. The number of hydrogen-bond acceptors (Lipinski definition) is 6. The van der Waals surface area contributed by atoms with Gasteiger partial charge in [-0.3, -0.25) is 10.1 Å². The highest BCUT2D eigenvalue weighted by molar-refractivity contribution is 5.87.